The van der Waals surface area contributed by atoms with E-state index in [-0.39, 0.29) is 0 Å². The van der Waals surface area contributed by atoms with Crippen LogP contribution in [0, 0.1) is 11.3 Å². The van der Waals surface area contributed by atoms with E-state index in [1.165, 1.54) is 0 Å². The van der Waals surface area contributed by atoms with Gasteiger partial charge in [0.2, 0.25) is 0 Å². The summed E-state index contributed by atoms with van der Waals surface area (Å²) in [5.74, 6) is 0. The van der Waals surface area contributed by atoms with E-state index >= 15 is 0 Å². The van der Waals surface area contributed by atoms with Crippen molar-refractivity contribution in [2.45, 2.75) is 12.8 Å². The van der Waals surface area contributed by atoms with Gasteiger partial charge >= 0.3 is 0 Å². The first-order valence-electron chi connectivity index (χ1n) is 4.03. The van der Waals surface area contributed by atoms with Crippen molar-refractivity contribution in [2.75, 3.05) is 5.33 Å². The molecule has 0 N–H and O–H groups in total. The van der Waals surface area contributed by atoms with Crippen molar-refractivity contribution in [1.82, 2.24) is 0 Å². The van der Waals surface area contributed by atoms with Gasteiger partial charge in [0.05, 0.1) is 11.6 Å². The highest BCUT2D eigenvalue weighted by atomic mass is 79.9. The minimum absolute atomic E-state index is 0.773. The molecule has 0 heterocycles. The fourth-order valence-electron chi connectivity index (χ4n) is 1.16. The van der Waals surface area contributed by atoms with Crippen LogP contribution in [0.25, 0.3) is 0 Å². The second-order valence-corrected chi connectivity index (χ2v) is 4.32. The van der Waals surface area contributed by atoms with Gasteiger partial charge < -0.3 is 0 Å². The zero-order valence-corrected chi connectivity index (χ0v) is 10.2. The maximum absolute atomic E-state index is 8.86. The topological polar surface area (TPSA) is 23.8 Å². The molecule has 0 radical (unpaired) electrons. The lowest BCUT2D eigenvalue weighted by Crippen LogP contribution is -1.92. The molecule has 0 aromatic heterocycles. The van der Waals surface area contributed by atoms with E-state index in [9.17, 15) is 0 Å². The van der Waals surface area contributed by atoms with Crippen LogP contribution in [0.3, 0.4) is 0 Å². The normalized spacial score (nSPS) is 9.62. The van der Waals surface area contributed by atoms with Gasteiger partial charge in [0.15, 0.2) is 0 Å². The highest BCUT2D eigenvalue weighted by Gasteiger charge is 2.04. The summed E-state index contributed by atoms with van der Waals surface area (Å²) in [5.41, 5.74) is 1.89. The van der Waals surface area contributed by atoms with Crippen molar-refractivity contribution in [3.8, 4) is 6.07 Å². The van der Waals surface area contributed by atoms with Crippen molar-refractivity contribution < 1.29 is 0 Å². The molecule has 0 amide bonds. The average molecular weight is 303 g/mol. The van der Waals surface area contributed by atoms with Gasteiger partial charge in [0.25, 0.3) is 0 Å². The van der Waals surface area contributed by atoms with E-state index in [2.05, 4.69) is 37.9 Å². The summed E-state index contributed by atoms with van der Waals surface area (Å²) in [6, 6.07) is 7.92. The number of nitrogens with zero attached hydrogens (tertiary/aromatic N) is 1. The molecule has 0 aliphatic rings. The van der Waals surface area contributed by atoms with Crippen LogP contribution in [-0.4, -0.2) is 5.33 Å². The second kappa shape index (κ2) is 5.41. The van der Waals surface area contributed by atoms with E-state index in [1.54, 1.807) is 0 Å². The lowest BCUT2D eigenvalue weighted by Gasteiger charge is -2.04. The molecule has 0 spiro atoms. The van der Waals surface area contributed by atoms with Gasteiger partial charge in [-0.15, -0.1) is 0 Å². The number of halogens is 2. The molecule has 0 aliphatic carbocycles. The Morgan fingerprint density at radius 1 is 1.38 bits per heavy atom. The Hall–Kier alpha value is -0.330. The summed E-state index contributed by atoms with van der Waals surface area (Å²) in [6.45, 7) is 0. The van der Waals surface area contributed by atoms with Crippen LogP contribution in [0.1, 0.15) is 17.5 Å². The molecule has 0 saturated carbocycles. The highest BCUT2D eigenvalue weighted by molar-refractivity contribution is 9.10. The molecular formula is C10H9Br2N. The second-order valence-electron chi connectivity index (χ2n) is 2.67. The molecule has 0 aliphatic heterocycles. The standard InChI is InChI=1S/C10H9Br2N/c11-6-2-4-9-8(7-13)3-1-5-10(9)12/h1,3,5H,2,4,6H2. The predicted octanol–water partition coefficient (Wildman–Crippen LogP) is 3.65. The predicted molar refractivity (Wildman–Crippen MR) is 61.0 cm³/mol. The summed E-state index contributed by atoms with van der Waals surface area (Å²) in [7, 11) is 0. The molecule has 0 atom stereocenters. The van der Waals surface area contributed by atoms with Crippen molar-refractivity contribution >= 4 is 31.9 Å². The van der Waals surface area contributed by atoms with Crippen molar-refractivity contribution in [3.63, 3.8) is 0 Å². The van der Waals surface area contributed by atoms with E-state index in [1.807, 2.05) is 18.2 Å². The third-order valence-corrected chi connectivity index (χ3v) is 3.10. The molecule has 1 aromatic rings. The Balaban J connectivity index is 2.95. The van der Waals surface area contributed by atoms with Crippen molar-refractivity contribution in [2.24, 2.45) is 0 Å². The molecule has 0 bridgehead atoms. The minimum Gasteiger partial charge on any atom is -0.192 e. The van der Waals surface area contributed by atoms with Gasteiger partial charge in [-0.25, -0.2) is 0 Å². The van der Waals surface area contributed by atoms with Crippen LogP contribution in [0.4, 0.5) is 0 Å². The smallest absolute Gasteiger partial charge is 0.0994 e. The lowest BCUT2D eigenvalue weighted by atomic mass is 10.0. The van der Waals surface area contributed by atoms with Crippen molar-refractivity contribution in [1.29, 1.82) is 5.26 Å². The fourth-order valence-corrected chi connectivity index (χ4v) is 2.01. The highest BCUT2D eigenvalue weighted by Crippen LogP contribution is 2.21. The summed E-state index contributed by atoms with van der Waals surface area (Å²) in [4.78, 5) is 0. The SMILES string of the molecule is N#Cc1cccc(Br)c1CCCBr. The molecule has 0 fully saturated rings. The quantitative estimate of drug-likeness (QED) is 0.782. The summed E-state index contributed by atoms with van der Waals surface area (Å²) in [5, 5.41) is 9.83. The minimum atomic E-state index is 0.773. The van der Waals surface area contributed by atoms with Crippen LogP contribution in [0.2, 0.25) is 0 Å². The molecule has 0 saturated heterocycles. The summed E-state index contributed by atoms with van der Waals surface area (Å²) >= 11 is 6.83. The Bertz CT molecular complexity index is 328. The van der Waals surface area contributed by atoms with Crippen molar-refractivity contribution in [3.05, 3.63) is 33.8 Å². The molecule has 0 unspecified atom stereocenters. The van der Waals surface area contributed by atoms with Gasteiger partial charge in [0, 0.05) is 9.80 Å². The molecule has 1 aromatic carbocycles. The summed E-state index contributed by atoms with van der Waals surface area (Å²) < 4.78 is 1.03. The molecule has 1 nitrogen and oxygen atoms in total. The number of rotatable bonds is 3. The lowest BCUT2D eigenvalue weighted by molar-refractivity contribution is 0.930. The first kappa shape index (κ1) is 10.7. The zero-order valence-electron chi connectivity index (χ0n) is 7.06. The maximum Gasteiger partial charge on any atom is 0.0994 e. The fraction of sp³-hybridized carbons (Fsp3) is 0.300. The van der Waals surface area contributed by atoms with E-state index in [0.29, 0.717) is 0 Å². The van der Waals surface area contributed by atoms with E-state index < -0.39 is 0 Å². The third-order valence-electron chi connectivity index (χ3n) is 1.80. The monoisotopic (exact) mass is 301 g/mol. The van der Waals surface area contributed by atoms with Gasteiger partial charge in [0.1, 0.15) is 0 Å². The molecule has 68 valence electrons. The molecule has 3 heteroatoms. The molecule has 13 heavy (non-hydrogen) atoms. The average Bonchev–Trinajstić information content (AvgIpc) is 2.15. The Labute approximate surface area is 95.0 Å². The Kier molecular flexibility index (Phi) is 4.47. The van der Waals surface area contributed by atoms with Gasteiger partial charge in [-0.2, -0.15) is 5.26 Å². The van der Waals surface area contributed by atoms with Crippen LogP contribution in [0.5, 0.6) is 0 Å². The number of alkyl halides is 1. The Morgan fingerprint density at radius 3 is 2.77 bits per heavy atom. The number of benzene rings is 1. The molecule has 1 rings (SSSR count). The van der Waals surface area contributed by atoms with Crippen LogP contribution in [0.15, 0.2) is 22.7 Å². The first-order valence-corrected chi connectivity index (χ1v) is 5.94. The number of nitriles is 1. The van der Waals surface area contributed by atoms with Gasteiger partial charge in [-0.3, -0.25) is 0 Å². The largest absolute Gasteiger partial charge is 0.192 e. The first-order chi connectivity index (χ1) is 6.29. The van der Waals surface area contributed by atoms with E-state index in [0.717, 1.165) is 33.8 Å². The molecular weight excluding hydrogens is 294 g/mol. The number of hydrogen-bond donors (Lipinski definition) is 0. The van der Waals surface area contributed by atoms with E-state index in [4.69, 9.17) is 5.26 Å². The summed E-state index contributed by atoms with van der Waals surface area (Å²) in [6.07, 6.45) is 1.99. The zero-order chi connectivity index (χ0) is 9.68. The van der Waals surface area contributed by atoms with Crippen LogP contribution < -0.4 is 0 Å². The third kappa shape index (κ3) is 2.82. The Morgan fingerprint density at radius 2 is 2.15 bits per heavy atom. The maximum atomic E-state index is 8.86. The van der Waals surface area contributed by atoms with Crippen LogP contribution >= 0.6 is 31.9 Å². The van der Waals surface area contributed by atoms with Crippen LogP contribution in [-0.2, 0) is 6.42 Å². The number of hydrogen-bond acceptors (Lipinski definition) is 1. The van der Waals surface area contributed by atoms with Gasteiger partial charge in [-0.05, 0) is 30.5 Å². The van der Waals surface area contributed by atoms with Gasteiger partial charge in [-0.1, -0.05) is 37.9 Å².